The van der Waals surface area contributed by atoms with Gasteiger partial charge < -0.3 is 14.8 Å². The summed E-state index contributed by atoms with van der Waals surface area (Å²) in [5.74, 6) is 1.03. The van der Waals surface area contributed by atoms with E-state index in [9.17, 15) is 4.79 Å². The van der Waals surface area contributed by atoms with Crippen LogP contribution in [-0.2, 0) is 4.79 Å². The zero-order chi connectivity index (χ0) is 15.2. The minimum absolute atomic E-state index is 0.238. The van der Waals surface area contributed by atoms with Gasteiger partial charge in [0, 0.05) is 16.8 Å². The lowest BCUT2D eigenvalue weighted by molar-refractivity contribution is -0.122. The van der Waals surface area contributed by atoms with Crippen LogP contribution in [-0.4, -0.2) is 19.1 Å². The van der Waals surface area contributed by atoms with E-state index in [-0.39, 0.29) is 5.91 Å². The van der Waals surface area contributed by atoms with Gasteiger partial charge in [-0.15, -0.1) is 0 Å². The number of ether oxygens (including phenoxy) is 2. The predicted octanol–water partition coefficient (Wildman–Crippen LogP) is 3.75. The van der Waals surface area contributed by atoms with Crippen LogP contribution in [0, 0.1) is 0 Å². The fourth-order valence-electron chi connectivity index (χ4n) is 1.72. The summed E-state index contributed by atoms with van der Waals surface area (Å²) in [7, 11) is 1.58. The Morgan fingerprint density at radius 3 is 2.52 bits per heavy atom. The van der Waals surface area contributed by atoms with Crippen molar-refractivity contribution in [2.45, 2.75) is 13.0 Å². The summed E-state index contributed by atoms with van der Waals surface area (Å²) >= 11 is 5.80. The van der Waals surface area contributed by atoms with Crippen LogP contribution in [0.15, 0.2) is 48.5 Å². The largest absolute Gasteiger partial charge is 0.497 e. The number of hydrogen-bond acceptors (Lipinski definition) is 3. The van der Waals surface area contributed by atoms with Crippen LogP contribution in [0.1, 0.15) is 6.92 Å². The second kappa shape index (κ2) is 6.99. The van der Waals surface area contributed by atoms with E-state index in [1.54, 1.807) is 56.5 Å². The highest BCUT2D eigenvalue weighted by molar-refractivity contribution is 6.30. The van der Waals surface area contributed by atoms with Crippen molar-refractivity contribution in [3.05, 3.63) is 53.6 Å². The van der Waals surface area contributed by atoms with Gasteiger partial charge in [0.2, 0.25) is 0 Å². The van der Waals surface area contributed by atoms with E-state index in [1.807, 2.05) is 6.07 Å². The van der Waals surface area contributed by atoms with E-state index in [1.165, 1.54) is 0 Å². The molecule has 0 aromatic heterocycles. The smallest absolute Gasteiger partial charge is 0.265 e. The summed E-state index contributed by atoms with van der Waals surface area (Å²) in [4.78, 5) is 12.1. The van der Waals surface area contributed by atoms with Crippen LogP contribution in [0.2, 0.25) is 5.02 Å². The van der Waals surface area contributed by atoms with Gasteiger partial charge in [0.1, 0.15) is 11.5 Å². The zero-order valence-corrected chi connectivity index (χ0v) is 12.6. The molecule has 0 aliphatic carbocycles. The van der Waals surface area contributed by atoms with Crippen molar-refractivity contribution in [2.24, 2.45) is 0 Å². The minimum atomic E-state index is -0.627. The van der Waals surface area contributed by atoms with Crippen molar-refractivity contribution in [3.8, 4) is 11.5 Å². The summed E-state index contributed by atoms with van der Waals surface area (Å²) in [6.45, 7) is 1.68. The molecule has 0 heterocycles. The summed E-state index contributed by atoms with van der Waals surface area (Å²) in [5, 5.41) is 3.40. The first-order valence-corrected chi connectivity index (χ1v) is 6.83. The van der Waals surface area contributed by atoms with E-state index in [0.29, 0.717) is 22.2 Å². The molecule has 2 rings (SSSR count). The molecule has 0 saturated carbocycles. The van der Waals surface area contributed by atoms with Crippen molar-refractivity contribution < 1.29 is 14.3 Å². The number of rotatable bonds is 5. The SMILES string of the molecule is COc1cccc(NC(=O)[C@H](C)Oc2ccc(Cl)cc2)c1. The average molecular weight is 306 g/mol. The Kier molecular flexibility index (Phi) is 5.06. The van der Waals surface area contributed by atoms with Crippen LogP contribution in [0.4, 0.5) is 5.69 Å². The van der Waals surface area contributed by atoms with Crippen molar-refractivity contribution >= 4 is 23.2 Å². The van der Waals surface area contributed by atoms with Crippen molar-refractivity contribution in [1.29, 1.82) is 0 Å². The number of amides is 1. The first kappa shape index (κ1) is 15.2. The van der Waals surface area contributed by atoms with E-state index < -0.39 is 6.10 Å². The molecule has 0 aliphatic rings. The topological polar surface area (TPSA) is 47.6 Å². The fourth-order valence-corrected chi connectivity index (χ4v) is 1.84. The van der Waals surface area contributed by atoms with Gasteiger partial charge in [0.05, 0.1) is 7.11 Å². The lowest BCUT2D eigenvalue weighted by atomic mass is 10.2. The molecule has 1 atom stereocenters. The summed E-state index contributed by atoms with van der Waals surface area (Å²) < 4.78 is 10.7. The first-order valence-electron chi connectivity index (χ1n) is 6.45. The van der Waals surface area contributed by atoms with E-state index in [2.05, 4.69) is 5.32 Å². The molecule has 0 bridgehead atoms. The molecule has 1 N–H and O–H groups in total. The van der Waals surface area contributed by atoms with Gasteiger partial charge in [0.25, 0.3) is 5.91 Å². The molecule has 1 amide bonds. The minimum Gasteiger partial charge on any atom is -0.497 e. The molecule has 0 unspecified atom stereocenters. The lowest BCUT2D eigenvalue weighted by Gasteiger charge is -2.15. The monoisotopic (exact) mass is 305 g/mol. The standard InChI is InChI=1S/C16H16ClNO3/c1-11(21-14-8-6-12(17)7-9-14)16(19)18-13-4-3-5-15(10-13)20-2/h3-11H,1-2H3,(H,18,19)/t11-/m0/s1. The Balaban J connectivity index is 1.97. The number of carbonyl (C=O) groups excluding carboxylic acids is 1. The van der Waals surface area contributed by atoms with Crippen molar-refractivity contribution in [3.63, 3.8) is 0 Å². The molecule has 110 valence electrons. The maximum absolute atomic E-state index is 12.1. The third kappa shape index (κ3) is 4.39. The predicted molar refractivity (Wildman–Crippen MR) is 83.2 cm³/mol. The number of methoxy groups -OCH3 is 1. The summed E-state index contributed by atoms with van der Waals surface area (Å²) in [6.07, 6.45) is -0.627. The number of benzene rings is 2. The van der Waals surface area contributed by atoms with Crippen LogP contribution >= 0.6 is 11.6 Å². The lowest BCUT2D eigenvalue weighted by Crippen LogP contribution is -2.30. The maximum atomic E-state index is 12.1. The number of hydrogen-bond donors (Lipinski definition) is 1. The number of anilines is 1. The van der Waals surface area contributed by atoms with Crippen molar-refractivity contribution in [2.75, 3.05) is 12.4 Å². The number of carbonyl (C=O) groups is 1. The Labute approximate surface area is 128 Å². The maximum Gasteiger partial charge on any atom is 0.265 e. The molecule has 2 aromatic carbocycles. The summed E-state index contributed by atoms with van der Waals surface area (Å²) in [5.41, 5.74) is 0.658. The zero-order valence-electron chi connectivity index (χ0n) is 11.8. The van der Waals surface area contributed by atoms with Crippen LogP contribution in [0.3, 0.4) is 0 Å². The van der Waals surface area contributed by atoms with Gasteiger partial charge in [-0.25, -0.2) is 0 Å². The Morgan fingerprint density at radius 1 is 1.14 bits per heavy atom. The van der Waals surface area contributed by atoms with Crippen LogP contribution in [0.25, 0.3) is 0 Å². The Morgan fingerprint density at radius 2 is 1.86 bits per heavy atom. The Hall–Kier alpha value is -2.20. The number of nitrogens with one attached hydrogen (secondary N) is 1. The third-order valence-electron chi connectivity index (χ3n) is 2.83. The highest BCUT2D eigenvalue weighted by atomic mass is 35.5. The third-order valence-corrected chi connectivity index (χ3v) is 3.08. The number of halogens is 1. The fraction of sp³-hybridized carbons (Fsp3) is 0.188. The van der Waals surface area contributed by atoms with Gasteiger partial charge in [-0.05, 0) is 43.3 Å². The molecule has 21 heavy (non-hydrogen) atoms. The molecule has 0 radical (unpaired) electrons. The van der Waals surface area contributed by atoms with Gasteiger partial charge in [-0.2, -0.15) is 0 Å². The van der Waals surface area contributed by atoms with Gasteiger partial charge in [-0.3, -0.25) is 4.79 Å². The normalized spacial score (nSPS) is 11.6. The second-order valence-electron chi connectivity index (χ2n) is 4.44. The summed E-state index contributed by atoms with van der Waals surface area (Å²) in [6, 6.07) is 14.0. The van der Waals surface area contributed by atoms with E-state index in [4.69, 9.17) is 21.1 Å². The highest BCUT2D eigenvalue weighted by Gasteiger charge is 2.15. The van der Waals surface area contributed by atoms with Gasteiger partial charge >= 0.3 is 0 Å². The highest BCUT2D eigenvalue weighted by Crippen LogP contribution is 2.19. The molecule has 2 aromatic rings. The average Bonchev–Trinajstić information content (AvgIpc) is 2.49. The molecular weight excluding hydrogens is 290 g/mol. The molecule has 4 nitrogen and oxygen atoms in total. The Bertz CT molecular complexity index is 613. The molecule has 0 aliphatic heterocycles. The first-order chi connectivity index (χ1) is 10.1. The van der Waals surface area contributed by atoms with Crippen LogP contribution < -0.4 is 14.8 Å². The van der Waals surface area contributed by atoms with Gasteiger partial charge in [0.15, 0.2) is 6.10 Å². The van der Waals surface area contributed by atoms with Crippen LogP contribution in [0.5, 0.6) is 11.5 Å². The van der Waals surface area contributed by atoms with Gasteiger partial charge in [-0.1, -0.05) is 17.7 Å². The molecule has 0 fully saturated rings. The molecule has 5 heteroatoms. The molecule has 0 saturated heterocycles. The second-order valence-corrected chi connectivity index (χ2v) is 4.87. The molecular formula is C16H16ClNO3. The quantitative estimate of drug-likeness (QED) is 0.915. The van der Waals surface area contributed by atoms with Crippen molar-refractivity contribution in [1.82, 2.24) is 0 Å². The van der Waals surface area contributed by atoms with E-state index in [0.717, 1.165) is 0 Å². The molecule has 0 spiro atoms. The van der Waals surface area contributed by atoms with E-state index >= 15 is 0 Å².